The Bertz CT molecular complexity index is 349. The van der Waals surface area contributed by atoms with E-state index in [0.29, 0.717) is 6.07 Å². The van der Waals surface area contributed by atoms with E-state index in [1.165, 1.54) is 0 Å². The summed E-state index contributed by atoms with van der Waals surface area (Å²) < 4.78 is 48.8. The molecule has 5 heteroatoms. The van der Waals surface area contributed by atoms with Gasteiger partial charge in [-0.2, -0.15) is 0 Å². The molecule has 0 bridgehead atoms. The molecule has 1 aromatic rings. The Balaban J connectivity index is 2.82. The normalized spacial score (nSPS) is 10.6. The second-order valence-corrected chi connectivity index (χ2v) is 2.68. The van der Waals surface area contributed by atoms with Gasteiger partial charge in [0.05, 0.1) is 0 Å². The zero-order valence-electron chi connectivity index (χ0n) is 6.94. The van der Waals surface area contributed by atoms with Crippen LogP contribution in [0.5, 0.6) is 0 Å². The molecule has 0 aromatic heterocycles. The third kappa shape index (κ3) is 2.55. The maximum Gasteiger partial charge on any atom is 0.296 e. The number of carbonyl (C=O) groups excluding carboxylic acids is 1. The monoisotopic (exact) mass is 206 g/mol. The van der Waals surface area contributed by atoms with Gasteiger partial charge in [0, 0.05) is 12.5 Å². The third-order valence-electron chi connectivity index (χ3n) is 1.62. The molecule has 0 saturated heterocycles. The number of halogens is 4. The first-order chi connectivity index (χ1) is 6.50. The van der Waals surface area contributed by atoms with Crippen molar-refractivity contribution in [3.05, 3.63) is 35.4 Å². The molecular formula is C9H6F4O. The molecule has 14 heavy (non-hydrogen) atoms. The van der Waals surface area contributed by atoms with Gasteiger partial charge in [-0.15, -0.1) is 0 Å². The lowest BCUT2D eigenvalue weighted by Gasteiger charge is -2.01. The van der Waals surface area contributed by atoms with Gasteiger partial charge in [-0.1, -0.05) is 6.07 Å². The van der Waals surface area contributed by atoms with E-state index >= 15 is 0 Å². The number of alkyl halides is 2. The number of benzene rings is 1. The maximum absolute atomic E-state index is 12.8. The highest BCUT2D eigenvalue weighted by atomic mass is 19.3. The Morgan fingerprint density at radius 2 is 1.93 bits per heavy atom. The molecule has 76 valence electrons. The number of ketones is 1. The number of Topliss-reactive ketones (excluding diaryl/α,β-unsaturated/α-hetero) is 1. The Hall–Kier alpha value is -1.39. The fraction of sp³-hybridized carbons (Fsp3) is 0.222. The Morgan fingerprint density at radius 3 is 2.43 bits per heavy atom. The summed E-state index contributed by atoms with van der Waals surface area (Å²) in [4.78, 5) is 10.5. The van der Waals surface area contributed by atoms with Crippen LogP contribution in [0.2, 0.25) is 0 Å². The Labute approximate surface area is 77.3 Å². The molecular weight excluding hydrogens is 200 g/mol. The molecule has 0 unspecified atom stereocenters. The van der Waals surface area contributed by atoms with Crippen molar-refractivity contribution in [3.8, 4) is 0 Å². The molecule has 1 rings (SSSR count). The van der Waals surface area contributed by atoms with Crippen LogP contribution in [0.1, 0.15) is 5.56 Å². The molecule has 0 atom stereocenters. The first kappa shape index (κ1) is 10.7. The average molecular weight is 206 g/mol. The summed E-state index contributed by atoms with van der Waals surface area (Å²) in [5.41, 5.74) is -0.225. The van der Waals surface area contributed by atoms with Crippen LogP contribution in [0, 0.1) is 11.6 Å². The lowest BCUT2D eigenvalue weighted by molar-refractivity contribution is -0.128. The molecule has 0 N–H and O–H groups in total. The van der Waals surface area contributed by atoms with Crippen molar-refractivity contribution in [2.45, 2.75) is 12.8 Å². The molecule has 0 aliphatic rings. The summed E-state index contributed by atoms with van der Waals surface area (Å²) in [7, 11) is 0. The van der Waals surface area contributed by atoms with Crippen LogP contribution in [0.3, 0.4) is 0 Å². The topological polar surface area (TPSA) is 17.1 Å². The minimum atomic E-state index is -3.13. The third-order valence-corrected chi connectivity index (χ3v) is 1.62. The quantitative estimate of drug-likeness (QED) is 0.693. The van der Waals surface area contributed by atoms with Gasteiger partial charge in [0.1, 0.15) is 11.6 Å². The average Bonchev–Trinajstić information content (AvgIpc) is 2.09. The molecule has 0 aliphatic heterocycles. The van der Waals surface area contributed by atoms with Crippen molar-refractivity contribution in [1.82, 2.24) is 0 Å². The van der Waals surface area contributed by atoms with Crippen LogP contribution in [0.25, 0.3) is 0 Å². The number of carbonyl (C=O) groups is 1. The fourth-order valence-corrected chi connectivity index (χ4v) is 0.930. The van der Waals surface area contributed by atoms with E-state index in [-0.39, 0.29) is 5.56 Å². The SMILES string of the molecule is O=C(Cc1ccc(F)cc1F)C(F)F. The predicted molar refractivity (Wildman–Crippen MR) is 41.1 cm³/mol. The minimum Gasteiger partial charge on any atom is -0.293 e. The molecule has 0 spiro atoms. The Kier molecular flexibility index (Phi) is 3.22. The van der Waals surface area contributed by atoms with Crippen LogP contribution in [-0.2, 0) is 11.2 Å². The lowest BCUT2D eigenvalue weighted by Crippen LogP contribution is -2.13. The van der Waals surface area contributed by atoms with Crippen LogP contribution in [0.4, 0.5) is 17.6 Å². The van der Waals surface area contributed by atoms with Gasteiger partial charge in [0.25, 0.3) is 6.43 Å². The van der Waals surface area contributed by atoms with Gasteiger partial charge in [0.15, 0.2) is 0 Å². The van der Waals surface area contributed by atoms with Crippen molar-refractivity contribution >= 4 is 5.78 Å². The van der Waals surface area contributed by atoms with Crippen LogP contribution >= 0.6 is 0 Å². The van der Waals surface area contributed by atoms with E-state index in [2.05, 4.69) is 0 Å². The number of hydrogen-bond donors (Lipinski definition) is 0. The highest BCUT2D eigenvalue weighted by molar-refractivity contribution is 5.83. The van der Waals surface area contributed by atoms with E-state index in [1.54, 1.807) is 0 Å². The highest BCUT2D eigenvalue weighted by Gasteiger charge is 2.17. The largest absolute Gasteiger partial charge is 0.296 e. The summed E-state index contributed by atoms with van der Waals surface area (Å²) in [6.07, 6.45) is -3.84. The van der Waals surface area contributed by atoms with Crippen molar-refractivity contribution in [2.24, 2.45) is 0 Å². The molecule has 0 fully saturated rings. The van der Waals surface area contributed by atoms with Crippen molar-refractivity contribution in [2.75, 3.05) is 0 Å². The fourth-order valence-electron chi connectivity index (χ4n) is 0.930. The van der Waals surface area contributed by atoms with Gasteiger partial charge < -0.3 is 0 Å². The molecule has 0 amide bonds. The van der Waals surface area contributed by atoms with E-state index in [9.17, 15) is 22.4 Å². The summed E-state index contributed by atoms with van der Waals surface area (Å²) in [5.74, 6) is -3.18. The Morgan fingerprint density at radius 1 is 1.29 bits per heavy atom. The first-order valence-corrected chi connectivity index (χ1v) is 3.75. The molecule has 0 heterocycles. The zero-order valence-corrected chi connectivity index (χ0v) is 6.94. The van der Waals surface area contributed by atoms with Gasteiger partial charge in [-0.05, 0) is 11.6 Å². The number of hydrogen-bond acceptors (Lipinski definition) is 1. The van der Waals surface area contributed by atoms with E-state index in [4.69, 9.17) is 0 Å². The van der Waals surface area contributed by atoms with Crippen molar-refractivity contribution < 1.29 is 22.4 Å². The smallest absolute Gasteiger partial charge is 0.293 e. The molecule has 1 aromatic carbocycles. The summed E-state index contributed by atoms with van der Waals surface area (Å²) in [6.45, 7) is 0. The second-order valence-electron chi connectivity index (χ2n) is 2.68. The predicted octanol–water partition coefficient (Wildman–Crippen LogP) is 2.34. The molecule has 0 saturated carbocycles. The second kappa shape index (κ2) is 4.21. The van der Waals surface area contributed by atoms with Crippen LogP contribution in [-0.4, -0.2) is 12.2 Å². The zero-order chi connectivity index (χ0) is 10.7. The summed E-state index contributed by atoms with van der Waals surface area (Å²) in [6, 6.07) is 2.44. The van der Waals surface area contributed by atoms with E-state index in [0.717, 1.165) is 12.1 Å². The first-order valence-electron chi connectivity index (χ1n) is 3.75. The van der Waals surface area contributed by atoms with Crippen molar-refractivity contribution in [1.29, 1.82) is 0 Å². The van der Waals surface area contributed by atoms with E-state index in [1.807, 2.05) is 0 Å². The summed E-state index contributed by atoms with van der Waals surface area (Å²) in [5, 5.41) is 0. The van der Waals surface area contributed by atoms with Gasteiger partial charge in [-0.25, -0.2) is 17.6 Å². The minimum absolute atomic E-state index is 0.225. The summed E-state index contributed by atoms with van der Waals surface area (Å²) >= 11 is 0. The molecule has 0 aliphatic carbocycles. The highest BCUT2D eigenvalue weighted by Crippen LogP contribution is 2.12. The molecule has 1 nitrogen and oxygen atoms in total. The van der Waals surface area contributed by atoms with Gasteiger partial charge in [-0.3, -0.25) is 4.79 Å². The van der Waals surface area contributed by atoms with Gasteiger partial charge >= 0.3 is 0 Å². The standard InChI is InChI=1S/C9H6F4O/c10-6-2-1-5(7(11)4-6)3-8(14)9(12)13/h1-2,4,9H,3H2. The maximum atomic E-state index is 12.8. The van der Waals surface area contributed by atoms with Crippen LogP contribution < -0.4 is 0 Å². The van der Waals surface area contributed by atoms with Crippen LogP contribution in [0.15, 0.2) is 18.2 Å². The lowest BCUT2D eigenvalue weighted by atomic mass is 10.1. The van der Waals surface area contributed by atoms with Gasteiger partial charge in [0.2, 0.25) is 5.78 Å². The molecule has 0 radical (unpaired) electrons. The number of rotatable bonds is 3. The van der Waals surface area contributed by atoms with E-state index < -0.39 is 30.3 Å². The van der Waals surface area contributed by atoms with Crippen molar-refractivity contribution in [3.63, 3.8) is 0 Å².